The molecule has 0 unspecified atom stereocenters. The Kier molecular flexibility index (Phi) is 3.66. The molecule has 2 rings (SSSR count). The zero-order valence-electron chi connectivity index (χ0n) is 9.47. The Bertz CT molecular complexity index is 457. The van der Waals surface area contributed by atoms with Crippen molar-refractivity contribution in [2.24, 2.45) is 5.92 Å². The Morgan fingerprint density at radius 3 is 2.44 bits per heavy atom. The third-order valence-electron chi connectivity index (χ3n) is 2.34. The minimum atomic E-state index is 0.703. The molecule has 0 atom stereocenters. The van der Waals surface area contributed by atoms with Crippen LogP contribution in [0.15, 0.2) is 34.7 Å². The second-order valence-corrected chi connectivity index (χ2v) is 5.62. The van der Waals surface area contributed by atoms with E-state index in [1.54, 1.807) is 11.3 Å². The molecule has 0 amide bonds. The molecular formula is C13H15NS2. The first-order valence-electron chi connectivity index (χ1n) is 5.39. The Balaban J connectivity index is 2.19. The minimum Gasteiger partial charge on any atom is -0.230 e. The van der Waals surface area contributed by atoms with Crippen LogP contribution in [0.4, 0.5) is 0 Å². The van der Waals surface area contributed by atoms with Crippen LogP contribution in [0.3, 0.4) is 0 Å². The first-order chi connectivity index (χ1) is 7.65. The fourth-order valence-electron chi connectivity index (χ4n) is 1.65. The molecule has 0 radical (unpaired) electrons. The van der Waals surface area contributed by atoms with Crippen LogP contribution in [0, 0.1) is 5.92 Å². The maximum absolute atomic E-state index is 4.35. The molecule has 2 aromatic rings. The summed E-state index contributed by atoms with van der Waals surface area (Å²) >= 11 is 5.86. The van der Waals surface area contributed by atoms with E-state index < -0.39 is 0 Å². The normalized spacial score (nSPS) is 11.0. The lowest BCUT2D eigenvalue weighted by Gasteiger charge is -2.05. The fraction of sp³-hybridized carbons (Fsp3) is 0.308. The van der Waals surface area contributed by atoms with Crippen molar-refractivity contribution in [1.82, 2.24) is 4.98 Å². The second kappa shape index (κ2) is 5.02. The fourth-order valence-corrected chi connectivity index (χ4v) is 2.67. The van der Waals surface area contributed by atoms with E-state index in [1.807, 2.05) is 5.38 Å². The van der Waals surface area contributed by atoms with Crippen LogP contribution >= 0.6 is 24.0 Å². The summed E-state index contributed by atoms with van der Waals surface area (Å²) in [5, 5.41) is 3.80. The van der Waals surface area contributed by atoms with Crippen molar-refractivity contribution < 1.29 is 0 Å². The average Bonchev–Trinajstić information content (AvgIpc) is 2.65. The Morgan fingerprint density at radius 1 is 1.25 bits per heavy atom. The Morgan fingerprint density at radius 2 is 1.94 bits per heavy atom. The molecule has 1 aromatic carbocycles. The summed E-state index contributed by atoms with van der Waals surface area (Å²) in [5.41, 5.74) is 2.57. The van der Waals surface area contributed by atoms with Gasteiger partial charge in [-0.05, 0) is 17.9 Å². The van der Waals surface area contributed by atoms with Crippen molar-refractivity contribution in [3.8, 4) is 10.6 Å². The van der Waals surface area contributed by atoms with E-state index in [9.17, 15) is 0 Å². The molecule has 0 aliphatic carbocycles. The SMILES string of the molecule is CC(C)Cc1ccc(-c2nc(S)cs2)cc1. The zero-order chi connectivity index (χ0) is 11.5. The highest BCUT2D eigenvalue weighted by Gasteiger charge is 2.03. The average molecular weight is 249 g/mol. The molecule has 1 aromatic heterocycles. The van der Waals surface area contributed by atoms with Gasteiger partial charge in [0.15, 0.2) is 0 Å². The monoisotopic (exact) mass is 249 g/mol. The lowest BCUT2D eigenvalue weighted by molar-refractivity contribution is 0.647. The van der Waals surface area contributed by atoms with Crippen molar-refractivity contribution in [2.45, 2.75) is 25.3 Å². The summed E-state index contributed by atoms with van der Waals surface area (Å²) in [6, 6.07) is 8.66. The van der Waals surface area contributed by atoms with Crippen molar-refractivity contribution in [2.75, 3.05) is 0 Å². The van der Waals surface area contributed by atoms with Gasteiger partial charge in [-0.1, -0.05) is 38.1 Å². The zero-order valence-corrected chi connectivity index (χ0v) is 11.2. The van der Waals surface area contributed by atoms with Crippen molar-refractivity contribution >= 4 is 24.0 Å². The summed E-state index contributed by atoms with van der Waals surface area (Å²) < 4.78 is 0. The molecule has 0 N–H and O–H groups in total. The van der Waals surface area contributed by atoms with Gasteiger partial charge in [0.05, 0.1) is 0 Å². The highest BCUT2D eigenvalue weighted by atomic mass is 32.1. The highest BCUT2D eigenvalue weighted by molar-refractivity contribution is 7.80. The summed E-state index contributed by atoms with van der Waals surface area (Å²) in [5.74, 6) is 0.703. The van der Waals surface area contributed by atoms with Crippen LogP contribution in [-0.2, 0) is 6.42 Å². The van der Waals surface area contributed by atoms with Gasteiger partial charge in [-0.15, -0.1) is 24.0 Å². The quantitative estimate of drug-likeness (QED) is 0.800. The molecule has 0 aliphatic heterocycles. The van der Waals surface area contributed by atoms with Gasteiger partial charge in [0, 0.05) is 10.9 Å². The molecule has 1 heterocycles. The van der Waals surface area contributed by atoms with Gasteiger partial charge in [-0.2, -0.15) is 0 Å². The third kappa shape index (κ3) is 2.86. The molecular weight excluding hydrogens is 234 g/mol. The summed E-state index contributed by atoms with van der Waals surface area (Å²) in [7, 11) is 0. The topological polar surface area (TPSA) is 12.9 Å². The summed E-state index contributed by atoms with van der Waals surface area (Å²) in [4.78, 5) is 4.35. The lowest BCUT2D eigenvalue weighted by atomic mass is 10.0. The Labute approximate surface area is 106 Å². The van der Waals surface area contributed by atoms with E-state index in [4.69, 9.17) is 0 Å². The van der Waals surface area contributed by atoms with E-state index in [2.05, 4.69) is 55.7 Å². The predicted octanol–water partition coefficient (Wildman–Crippen LogP) is 4.30. The van der Waals surface area contributed by atoms with E-state index >= 15 is 0 Å². The number of thiol groups is 1. The summed E-state index contributed by atoms with van der Waals surface area (Å²) in [6.07, 6.45) is 1.13. The van der Waals surface area contributed by atoms with Crippen molar-refractivity contribution in [3.63, 3.8) is 0 Å². The van der Waals surface area contributed by atoms with Crippen LogP contribution in [0.2, 0.25) is 0 Å². The van der Waals surface area contributed by atoms with Crippen LogP contribution in [0.1, 0.15) is 19.4 Å². The first kappa shape index (κ1) is 11.7. The molecule has 0 bridgehead atoms. The van der Waals surface area contributed by atoms with Crippen molar-refractivity contribution in [3.05, 3.63) is 35.2 Å². The molecule has 0 fully saturated rings. The standard InChI is InChI=1S/C13H15NS2/c1-9(2)7-10-3-5-11(6-4-10)13-14-12(15)8-16-13/h3-6,8-9,15H,7H2,1-2H3. The molecule has 84 valence electrons. The van der Waals surface area contributed by atoms with Gasteiger partial charge in [-0.25, -0.2) is 4.98 Å². The van der Waals surface area contributed by atoms with Crippen LogP contribution in [0.25, 0.3) is 10.6 Å². The van der Waals surface area contributed by atoms with E-state index in [0.29, 0.717) is 5.92 Å². The van der Waals surface area contributed by atoms with Gasteiger partial charge in [0.1, 0.15) is 10.0 Å². The van der Waals surface area contributed by atoms with Crippen LogP contribution in [0.5, 0.6) is 0 Å². The molecule has 16 heavy (non-hydrogen) atoms. The van der Waals surface area contributed by atoms with Gasteiger partial charge in [0.25, 0.3) is 0 Å². The number of aromatic nitrogens is 1. The number of hydrogen-bond donors (Lipinski definition) is 1. The molecule has 1 nitrogen and oxygen atoms in total. The molecule has 0 saturated heterocycles. The molecule has 3 heteroatoms. The number of nitrogens with zero attached hydrogens (tertiary/aromatic N) is 1. The van der Waals surface area contributed by atoms with Crippen LogP contribution in [-0.4, -0.2) is 4.98 Å². The van der Waals surface area contributed by atoms with E-state index in [-0.39, 0.29) is 0 Å². The van der Waals surface area contributed by atoms with Gasteiger partial charge < -0.3 is 0 Å². The number of thiazole rings is 1. The van der Waals surface area contributed by atoms with Gasteiger partial charge in [0.2, 0.25) is 0 Å². The van der Waals surface area contributed by atoms with E-state index in [1.165, 1.54) is 11.1 Å². The predicted molar refractivity (Wildman–Crippen MR) is 73.3 cm³/mol. The van der Waals surface area contributed by atoms with Gasteiger partial charge in [-0.3, -0.25) is 0 Å². The third-order valence-corrected chi connectivity index (χ3v) is 3.63. The molecule has 0 aliphatic rings. The van der Waals surface area contributed by atoms with Crippen molar-refractivity contribution in [1.29, 1.82) is 0 Å². The number of hydrogen-bond acceptors (Lipinski definition) is 3. The number of rotatable bonds is 3. The molecule has 0 spiro atoms. The first-order valence-corrected chi connectivity index (χ1v) is 6.71. The maximum Gasteiger partial charge on any atom is 0.124 e. The summed E-state index contributed by atoms with van der Waals surface area (Å²) in [6.45, 7) is 4.48. The number of benzene rings is 1. The van der Waals surface area contributed by atoms with E-state index in [0.717, 1.165) is 16.5 Å². The Hall–Kier alpha value is -0.800. The lowest BCUT2D eigenvalue weighted by Crippen LogP contribution is -1.93. The minimum absolute atomic E-state index is 0.703. The highest BCUT2D eigenvalue weighted by Crippen LogP contribution is 2.25. The largest absolute Gasteiger partial charge is 0.230 e. The molecule has 0 saturated carbocycles. The van der Waals surface area contributed by atoms with Gasteiger partial charge >= 0.3 is 0 Å². The second-order valence-electron chi connectivity index (χ2n) is 4.31. The maximum atomic E-state index is 4.35. The smallest absolute Gasteiger partial charge is 0.124 e. The van der Waals surface area contributed by atoms with Crippen LogP contribution < -0.4 is 0 Å².